The summed E-state index contributed by atoms with van der Waals surface area (Å²) in [5.74, 6) is -0.405. The molecular weight excluding hydrogens is 343 g/mol. The first-order valence-electron chi connectivity index (χ1n) is 9.19. The minimum Gasteiger partial charge on any atom is -0.383 e. The topological polar surface area (TPSA) is 45.3 Å². The highest BCUT2D eigenvalue weighted by Gasteiger charge is 2.10. The number of nitrogens with zero attached hydrogens (tertiary/aromatic N) is 1. The summed E-state index contributed by atoms with van der Waals surface area (Å²) in [4.78, 5) is 17.8. The lowest BCUT2D eigenvalue weighted by molar-refractivity contribution is 0.139. The summed E-state index contributed by atoms with van der Waals surface area (Å²) in [6.07, 6.45) is 1.02. The van der Waals surface area contributed by atoms with Gasteiger partial charge >= 0.3 is 0 Å². The Morgan fingerprint density at radius 1 is 1.04 bits per heavy atom. The van der Waals surface area contributed by atoms with Crippen LogP contribution >= 0.6 is 0 Å². The number of hydrogen-bond acceptors (Lipinski definition) is 3. The fourth-order valence-electron chi connectivity index (χ4n) is 3.17. The standard InChI is InChI=1S/C22H25FN2O2/c1-3-16-4-6-17(7-5-16)14-25(10-11-27-2)15-19-13-22(26)20-12-18(23)8-9-21(20)24-19/h4-9,12-13H,3,10-11,14-15H2,1-2H3,(H,24,26). The molecule has 3 rings (SSSR count). The molecule has 0 aliphatic heterocycles. The van der Waals surface area contributed by atoms with E-state index in [2.05, 4.69) is 41.1 Å². The molecule has 5 heteroatoms. The Hall–Kier alpha value is -2.50. The number of methoxy groups -OCH3 is 1. The number of rotatable bonds is 8. The van der Waals surface area contributed by atoms with Crippen LogP contribution in [0.1, 0.15) is 23.7 Å². The first-order valence-corrected chi connectivity index (χ1v) is 9.19. The van der Waals surface area contributed by atoms with Crippen LogP contribution in [-0.2, 0) is 24.2 Å². The largest absolute Gasteiger partial charge is 0.383 e. The molecule has 0 saturated carbocycles. The number of fused-ring (bicyclic) bond motifs is 1. The van der Waals surface area contributed by atoms with Gasteiger partial charge in [-0.25, -0.2) is 4.39 Å². The fraction of sp³-hybridized carbons (Fsp3) is 0.318. The van der Waals surface area contributed by atoms with Crippen LogP contribution in [0.3, 0.4) is 0 Å². The van der Waals surface area contributed by atoms with Gasteiger partial charge in [0.25, 0.3) is 0 Å². The predicted molar refractivity (Wildman–Crippen MR) is 106 cm³/mol. The maximum Gasteiger partial charge on any atom is 0.189 e. The molecule has 0 saturated heterocycles. The van der Waals surface area contributed by atoms with E-state index in [0.717, 1.165) is 25.2 Å². The second kappa shape index (κ2) is 8.93. The number of halogens is 1. The van der Waals surface area contributed by atoms with Gasteiger partial charge in [0.1, 0.15) is 5.82 Å². The molecule has 1 aromatic heterocycles. The van der Waals surface area contributed by atoms with Crippen molar-refractivity contribution in [2.75, 3.05) is 20.3 Å². The number of nitrogens with one attached hydrogen (secondary N) is 1. The lowest BCUT2D eigenvalue weighted by atomic mass is 10.1. The van der Waals surface area contributed by atoms with Crippen LogP contribution in [0.5, 0.6) is 0 Å². The second-order valence-electron chi connectivity index (χ2n) is 6.72. The first-order chi connectivity index (χ1) is 13.1. The van der Waals surface area contributed by atoms with Gasteiger partial charge in [-0.3, -0.25) is 9.69 Å². The predicted octanol–water partition coefficient (Wildman–Crippen LogP) is 3.88. The normalized spacial score (nSPS) is 11.4. The highest BCUT2D eigenvalue weighted by Crippen LogP contribution is 2.14. The van der Waals surface area contributed by atoms with E-state index in [4.69, 9.17) is 4.74 Å². The zero-order valence-corrected chi connectivity index (χ0v) is 15.8. The van der Waals surface area contributed by atoms with Crippen molar-refractivity contribution in [3.8, 4) is 0 Å². The Labute approximate surface area is 158 Å². The molecule has 0 aliphatic rings. The number of pyridine rings is 1. The van der Waals surface area contributed by atoms with Crippen LogP contribution in [-0.4, -0.2) is 30.1 Å². The average molecular weight is 368 g/mol. The van der Waals surface area contributed by atoms with Gasteiger partial charge in [0.15, 0.2) is 5.43 Å². The molecule has 2 aromatic carbocycles. The van der Waals surface area contributed by atoms with E-state index in [1.165, 1.54) is 23.3 Å². The van der Waals surface area contributed by atoms with Gasteiger partial charge in [-0.1, -0.05) is 31.2 Å². The number of H-pyrrole nitrogens is 1. The summed E-state index contributed by atoms with van der Waals surface area (Å²) in [6, 6.07) is 14.4. The van der Waals surface area contributed by atoms with Crippen LogP contribution in [0.2, 0.25) is 0 Å². The van der Waals surface area contributed by atoms with Crippen LogP contribution in [0.25, 0.3) is 10.9 Å². The van der Waals surface area contributed by atoms with E-state index in [1.54, 1.807) is 19.2 Å². The molecular formula is C22H25FN2O2. The van der Waals surface area contributed by atoms with E-state index < -0.39 is 5.82 Å². The average Bonchev–Trinajstić information content (AvgIpc) is 2.67. The lowest BCUT2D eigenvalue weighted by Crippen LogP contribution is -2.27. The molecule has 0 spiro atoms. The van der Waals surface area contributed by atoms with Crippen molar-refractivity contribution in [2.45, 2.75) is 26.4 Å². The van der Waals surface area contributed by atoms with Crippen LogP contribution < -0.4 is 5.43 Å². The van der Waals surface area contributed by atoms with Crippen molar-refractivity contribution in [2.24, 2.45) is 0 Å². The zero-order valence-electron chi connectivity index (χ0n) is 15.8. The molecule has 0 aliphatic carbocycles. The Morgan fingerprint density at radius 3 is 2.48 bits per heavy atom. The van der Waals surface area contributed by atoms with Crippen LogP contribution in [0, 0.1) is 5.82 Å². The summed E-state index contributed by atoms with van der Waals surface area (Å²) < 4.78 is 18.6. The number of hydrogen-bond donors (Lipinski definition) is 1. The summed E-state index contributed by atoms with van der Waals surface area (Å²) in [6.45, 7) is 4.84. The third-order valence-electron chi connectivity index (χ3n) is 4.69. The number of aromatic nitrogens is 1. The van der Waals surface area contributed by atoms with Crippen molar-refractivity contribution in [3.63, 3.8) is 0 Å². The van der Waals surface area contributed by atoms with Gasteiger partial charge in [-0.05, 0) is 35.7 Å². The zero-order chi connectivity index (χ0) is 19.2. The molecule has 27 heavy (non-hydrogen) atoms. The monoisotopic (exact) mass is 368 g/mol. The molecule has 1 heterocycles. The number of aromatic amines is 1. The fourth-order valence-corrected chi connectivity index (χ4v) is 3.17. The maximum atomic E-state index is 13.4. The minimum atomic E-state index is -0.405. The first kappa shape index (κ1) is 19.3. The number of ether oxygens (including phenoxy) is 1. The molecule has 0 fully saturated rings. The van der Waals surface area contributed by atoms with Crippen LogP contribution in [0.4, 0.5) is 4.39 Å². The molecule has 0 amide bonds. The van der Waals surface area contributed by atoms with E-state index in [0.29, 0.717) is 24.1 Å². The molecule has 0 unspecified atom stereocenters. The second-order valence-corrected chi connectivity index (χ2v) is 6.72. The SMILES string of the molecule is CCc1ccc(CN(CCOC)Cc2cc(=O)c3cc(F)ccc3[nH]2)cc1. The Morgan fingerprint density at radius 2 is 1.78 bits per heavy atom. The highest BCUT2D eigenvalue weighted by molar-refractivity contribution is 5.78. The van der Waals surface area contributed by atoms with Crippen molar-refractivity contribution >= 4 is 10.9 Å². The van der Waals surface area contributed by atoms with Gasteiger partial charge in [-0.2, -0.15) is 0 Å². The summed E-state index contributed by atoms with van der Waals surface area (Å²) in [5.41, 5.74) is 3.82. The number of aryl methyl sites for hydroxylation is 1. The molecule has 142 valence electrons. The Kier molecular flexibility index (Phi) is 6.37. The molecule has 0 radical (unpaired) electrons. The van der Waals surface area contributed by atoms with Gasteiger partial charge in [0.05, 0.1) is 6.61 Å². The lowest BCUT2D eigenvalue weighted by Gasteiger charge is -2.22. The van der Waals surface area contributed by atoms with Crippen molar-refractivity contribution in [3.05, 3.63) is 81.4 Å². The molecule has 4 nitrogen and oxygen atoms in total. The van der Waals surface area contributed by atoms with Crippen molar-refractivity contribution in [1.29, 1.82) is 0 Å². The van der Waals surface area contributed by atoms with Gasteiger partial charge < -0.3 is 9.72 Å². The van der Waals surface area contributed by atoms with Crippen molar-refractivity contribution in [1.82, 2.24) is 9.88 Å². The Balaban J connectivity index is 1.81. The van der Waals surface area contributed by atoms with Gasteiger partial charge in [0, 0.05) is 49.4 Å². The maximum absolute atomic E-state index is 13.4. The van der Waals surface area contributed by atoms with E-state index in [1.807, 2.05) is 0 Å². The molecule has 0 bridgehead atoms. The van der Waals surface area contributed by atoms with E-state index >= 15 is 0 Å². The Bertz CT molecular complexity index is 951. The van der Waals surface area contributed by atoms with E-state index in [-0.39, 0.29) is 5.43 Å². The third-order valence-corrected chi connectivity index (χ3v) is 4.69. The molecule has 0 atom stereocenters. The molecule has 3 aromatic rings. The summed E-state index contributed by atoms with van der Waals surface area (Å²) >= 11 is 0. The van der Waals surface area contributed by atoms with Gasteiger partial charge in [0.2, 0.25) is 0 Å². The van der Waals surface area contributed by atoms with Gasteiger partial charge in [-0.15, -0.1) is 0 Å². The summed E-state index contributed by atoms with van der Waals surface area (Å²) in [7, 11) is 1.68. The summed E-state index contributed by atoms with van der Waals surface area (Å²) in [5, 5.41) is 0.373. The number of benzene rings is 2. The minimum absolute atomic E-state index is 0.169. The smallest absolute Gasteiger partial charge is 0.189 e. The quantitative estimate of drug-likeness (QED) is 0.656. The third kappa shape index (κ3) is 5.02. The van der Waals surface area contributed by atoms with E-state index in [9.17, 15) is 9.18 Å². The molecule has 1 N–H and O–H groups in total. The van der Waals surface area contributed by atoms with Crippen LogP contribution in [0.15, 0.2) is 53.3 Å². The van der Waals surface area contributed by atoms with Crippen molar-refractivity contribution < 1.29 is 9.13 Å². The highest BCUT2D eigenvalue weighted by atomic mass is 19.1.